The number of nitrogens with zero attached hydrogens (tertiary/aromatic N) is 1. The second-order valence-corrected chi connectivity index (χ2v) is 5.76. The highest BCUT2D eigenvalue weighted by Gasteiger charge is 2.42. The van der Waals surface area contributed by atoms with Gasteiger partial charge in [-0.2, -0.15) is 0 Å². The number of ether oxygens (including phenoxy) is 1. The number of rotatable bonds is 4. The molecule has 1 saturated carbocycles. The fraction of sp³-hybridized carbons (Fsp3) is 0.412. The molecule has 0 saturated heterocycles. The lowest BCUT2D eigenvalue weighted by Gasteiger charge is -2.35. The van der Waals surface area contributed by atoms with Crippen molar-refractivity contribution in [3.8, 4) is 0 Å². The number of hydrogen-bond donors (Lipinski definition) is 1. The van der Waals surface area contributed by atoms with Crippen LogP contribution in [0.4, 0.5) is 9.18 Å². The van der Waals surface area contributed by atoms with E-state index in [-0.39, 0.29) is 18.7 Å². The first-order valence-electron chi connectivity index (χ1n) is 7.76. The molecular formula is C17H19FN2O3. The Kier molecular flexibility index (Phi) is 4.07. The Bertz CT molecular complexity index is 682. The van der Waals surface area contributed by atoms with E-state index in [0.717, 1.165) is 12.8 Å². The van der Waals surface area contributed by atoms with Crippen molar-refractivity contribution in [2.24, 2.45) is 0 Å². The quantitative estimate of drug-likeness (QED) is 0.869. The highest BCUT2D eigenvalue weighted by Crippen LogP contribution is 2.37. The zero-order valence-electron chi connectivity index (χ0n) is 13.1. The Balaban J connectivity index is 2.06. The minimum Gasteiger partial charge on any atom is -0.463 e. The van der Waals surface area contributed by atoms with Crippen LogP contribution in [0.25, 0.3) is 0 Å². The first-order chi connectivity index (χ1) is 11.0. The third-order valence-electron chi connectivity index (χ3n) is 4.12. The number of carbonyl (C=O) groups is 2. The molecule has 1 unspecified atom stereocenters. The molecule has 1 heterocycles. The normalized spacial score (nSPS) is 21.3. The van der Waals surface area contributed by atoms with Crippen LogP contribution < -0.4 is 5.32 Å². The van der Waals surface area contributed by atoms with Gasteiger partial charge in [-0.1, -0.05) is 12.1 Å². The van der Waals surface area contributed by atoms with Crippen molar-refractivity contribution in [2.75, 3.05) is 6.61 Å². The number of esters is 1. The van der Waals surface area contributed by atoms with Gasteiger partial charge in [0.15, 0.2) is 0 Å². The van der Waals surface area contributed by atoms with E-state index >= 15 is 0 Å². The lowest BCUT2D eigenvalue weighted by molar-refractivity contribution is -0.139. The van der Waals surface area contributed by atoms with Crippen LogP contribution in [-0.4, -0.2) is 29.5 Å². The molecule has 0 bridgehead atoms. The summed E-state index contributed by atoms with van der Waals surface area (Å²) in [6.45, 7) is 3.71. The summed E-state index contributed by atoms with van der Waals surface area (Å²) in [5, 5.41) is 2.81. The predicted octanol–water partition coefficient (Wildman–Crippen LogP) is 2.89. The van der Waals surface area contributed by atoms with Gasteiger partial charge in [-0.05, 0) is 44.4 Å². The van der Waals surface area contributed by atoms with E-state index in [1.807, 2.05) is 0 Å². The molecule has 6 heteroatoms. The molecule has 1 fully saturated rings. The van der Waals surface area contributed by atoms with Gasteiger partial charge >= 0.3 is 12.0 Å². The van der Waals surface area contributed by atoms with Crippen LogP contribution in [0.3, 0.4) is 0 Å². The van der Waals surface area contributed by atoms with Crippen molar-refractivity contribution in [1.82, 2.24) is 10.2 Å². The first-order valence-corrected chi connectivity index (χ1v) is 7.76. The second kappa shape index (κ2) is 6.02. The monoisotopic (exact) mass is 318 g/mol. The van der Waals surface area contributed by atoms with Crippen molar-refractivity contribution >= 4 is 12.0 Å². The summed E-state index contributed by atoms with van der Waals surface area (Å²) in [6, 6.07) is 5.07. The molecule has 0 radical (unpaired) electrons. The molecule has 23 heavy (non-hydrogen) atoms. The van der Waals surface area contributed by atoms with Gasteiger partial charge in [0.1, 0.15) is 5.82 Å². The zero-order chi connectivity index (χ0) is 16.6. The standard InChI is InChI=1S/C17H19FN2O3/c1-3-23-16(21)14-10(2)20(13-7-8-13)17(22)19-15(14)11-5-4-6-12(18)9-11/h4-6,9,13,15H,3,7-8H2,1-2H3,(H,19,22). The highest BCUT2D eigenvalue weighted by atomic mass is 19.1. The number of halogens is 1. The van der Waals surface area contributed by atoms with E-state index in [2.05, 4.69) is 5.32 Å². The topological polar surface area (TPSA) is 58.6 Å². The molecule has 1 aromatic carbocycles. The smallest absolute Gasteiger partial charge is 0.338 e. The third-order valence-corrected chi connectivity index (χ3v) is 4.12. The van der Waals surface area contributed by atoms with Crippen LogP contribution in [0.15, 0.2) is 35.5 Å². The van der Waals surface area contributed by atoms with Crippen LogP contribution >= 0.6 is 0 Å². The Morgan fingerprint density at radius 3 is 2.78 bits per heavy atom. The number of amides is 2. The largest absolute Gasteiger partial charge is 0.463 e. The van der Waals surface area contributed by atoms with Crippen molar-refractivity contribution in [2.45, 2.75) is 38.8 Å². The maximum atomic E-state index is 13.6. The van der Waals surface area contributed by atoms with Gasteiger partial charge in [0.25, 0.3) is 0 Å². The van der Waals surface area contributed by atoms with Crippen LogP contribution in [0.5, 0.6) is 0 Å². The highest BCUT2D eigenvalue weighted by molar-refractivity contribution is 5.95. The number of urea groups is 1. The summed E-state index contributed by atoms with van der Waals surface area (Å²) in [5.74, 6) is -0.896. The van der Waals surface area contributed by atoms with Gasteiger partial charge in [-0.3, -0.25) is 4.90 Å². The fourth-order valence-electron chi connectivity index (χ4n) is 2.94. The summed E-state index contributed by atoms with van der Waals surface area (Å²) in [5.41, 5.74) is 1.48. The van der Waals surface area contributed by atoms with Gasteiger partial charge in [-0.25, -0.2) is 14.0 Å². The molecule has 122 valence electrons. The minimum absolute atomic E-state index is 0.132. The van der Waals surface area contributed by atoms with Gasteiger partial charge < -0.3 is 10.1 Å². The minimum atomic E-state index is -0.702. The van der Waals surface area contributed by atoms with E-state index in [0.29, 0.717) is 16.8 Å². The molecule has 0 aromatic heterocycles. The Morgan fingerprint density at radius 1 is 1.43 bits per heavy atom. The van der Waals surface area contributed by atoms with Crippen LogP contribution in [0.1, 0.15) is 38.3 Å². The van der Waals surface area contributed by atoms with Crippen LogP contribution in [0, 0.1) is 5.82 Å². The molecule has 0 spiro atoms. The molecular weight excluding hydrogens is 299 g/mol. The summed E-state index contributed by atoms with van der Waals surface area (Å²) < 4.78 is 18.7. The number of allylic oxidation sites excluding steroid dienone is 1. The fourth-order valence-corrected chi connectivity index (χ4v) is 2.94. The average Bonchev–Trinajstić information content (AvgIpc) is 3.31. The van der Waals surface area contributed by atoms with Crippen molar-refractivity contribution in [1.29, 1.82) is 0 Å². The maximum Gasteiger partial charge on any atom is 0.338 e. The van der Waals surface area contributed by atoms with E-state index in [9.17, 15) is 14.0 Å². The van der Waals surface area contributed by atoms with E-state index in [1.54, 1.807) is 30.9 Å². The summed E-state index contributed by atoms with van der Waals surface area (Å²) in [7, 11) is 0. The maximum absolute atomic E-state index is 13.6. The van der Waals surface area contributed by atoms with Crippen molar-refractivity contribution in [3.63, 3.8) is 0 Å². The lowest BCUT2D eigenvalue weighted by atomic mass is 9.94. The van der Waals surface area contributed by atoms with Gasteiger partial charge in [-0.15, -0.1) is 0 Å². The number of nitrogens with one attached hydrogen (secondary N) is 1. The van der Waals surface area contributed by atoms with E-state index in [1.165, 1.54) is 12.1 Å². The summed E-state index contributed by atoms with van der Waals surface area (Å²) in [4.78, 5) is 26.4. The Hall–Kier alpha value is -2.37. The molecule has 1 aliphatic heterocycles. The zero-order valence-corrected chi connectivity index (χ0v) is 13.1. The number of carbonyl (C=O) groups excluding carboxylic acids is 2. The summed E-state index contributed by atoms with van der Waals surface area (Å²) in [6.07, 6.45) is 1.84. The molecule has 5 nitrogen and oxygen atoms in total. The molecule has 1 aliphatic carbocycles. The van der Waals surface area contributed by atoms with Gasteiger partial charge in [0.2, 0.25) is 0 Å². The average molecular weight is 318 g/mol. The van der Waals surface area contributed by atoms with Gasteiger partial charge in [0, 0.05) is 11.7 Å². The van der Waals surface area contributed by atoms with Crippen molar-refractivity contribution < 1.29 is 18.7 Å². The molecule has 2 amide bonds. The second-order valence-electron chi connectivity index (χ2n) is 5.76. The molecule has 2 aliphatic rings. The van der Waals surface area contributed by atoms with E-state index in [4.69, 9.17) is 4.74 Å². The first kappa shape index (κ1) is 15.5. The van der Waals surface area contributed by atoms with Crippen molar-refractivity contribution in [3.05, 3.63) is 46.9 Å². The molecule has 1 aromatic rings. The molecule has 1 atom stereocenters. The Morgan fingerprint density at radius 2 is 2.17 bits per heavy atom. The van der Waals surface area contributed by atoms with Crippen LogP contribution in [-0.2, 0) is 9.53 Å². The molecule has 3 rings (SSSR count). The number of hydrogen-bond acceptors (Lipinski definition) is 3. The molecule has 1 N–H and O–H groups in total. The predicted molar refractivity (Wildman–Crippen MR) is 81.9 cm³/mol. The van der Waals surface area contributed by atoms with Crippen LogP contribution in [0.2, 0.25) is 0 Å². The lowest BCUT2D eigenvalue weighted by Crippen LogP contribution is -2.48. The van der Waals surface area contributed by atoms with E-state index < -0.39 is 17.8 Å². The number of benzene rings is 1. The Labute approximate surface area is 134 Å². The van der Waals surface area contributed by atoms with Gasteiger partial charge in [0.05, 0.1) is 18.2 Å². The third kappa shape index (κ3) is 2.93. The summed E-state index contributed by atoms with van der Waals surface area (Å²) >= 11 is 0. The SMILES string of the molecule is CCOC(=O)C1=C(C)N(C2CC2)C(=O)NC1c1cccc(F)c1.